The number of Topliss-reactive ketones (excluding diaryl/α,β-unsaturated/α-hetero) is 4. The van der Waals surface area contributed by atoms with Crippen molar-refractivity contribution in [2.45, 2.75) is 51.4 Å². The summed E-state index contributed by atoms with van der Waals surface area (Å²) in [5.74, 6) is -6.01. The molecule has 0 aromatic heterocycles. The number of aliphatic carboxylic acids is 1. The predicted molar refractivity (Wildman–Crippen MR) is 159 cm³/mol. The topological polar surface area (TPSA) is 224 Å². The Labute approximate surface area is 254 Å². The van der Waals surface area contributed by atoms with Gasteiger partial charge in [0.15, 0.2) is 0 Å². The van der Waals surface area contributed by atoms with E-state index in [4.69, 9.17) is 11.1 Å². The molecule has 3 rings (SSSR count). The van der Waals surface area contributed by atoms with Gasteiger partial charge in [-0.2, -0.15) is 0 Å². The molecule has 0 fully saturated rings. The third-order valence-electron chi connectivity index (χ3n) is 7.13. The Balaban J connectivity index is 2.00. The van der Waals surface area contributed by atoms with E-state index in [1.807, 2.05) is 0 Å². The molecule has 1 aliphatic rings. The molecule has 44 heavy (non-hydrogen) atoms. The van der Waals surface area contributed by atoms with Gasteiger partial charge < -0.3 is 16.2 Å². The Morgan fingerprint density at radius 2 is 1.73 bits per heavy atom. The first-order chi connectivity index (χ1) is 20.8. The molecule has 1 amide bonds. The van der Waals surface area contributed by atoms with Crippen LogP contribution in [0.3, 0.4) is 0 Å². The number of carboxylic acid groups (broad SMARTS) is 1. The van der Waals surface area contributed by atoms with E-state index in [0.29, 0.717) is 16.7 Å². The summed E-state index contributed by atoms with van der Waals surface area (Å²) in [5, 5.41) is 20.7. The Morgan fingerprint density at radius 1 is 1.05 bits per heavy atom. The third-order valence-corrected chi connectivity index (χ3v) is 7.13. The number of nitrogen functional groups attached to an aromatic ring is 1. The fourth-order valence-electron chi connectivity index (χ4n) is 4.60. The number of rotatable bonds is 6. The number of carbonyl (C=O) groups excluding carboxylic acids is 5. The molecule has 0 saturated carbocycles. The Kier molecular flexibility index (Phi) is 11.7. The largest absolute Gasteiger partial charge is 0.481 e. The van der Waals surface area contributed by atoms with Crippen LogP contribution in [-0.2, 0) is 36.9 Å². The van der Waals surface area contributed by atoms with E-state index >= 15 is 0 Å². The van der Waals surface area contributed by atoms with Crippen molar-refractivity contribution in [3.63, 3.8) is 0 Å². The van der Waals surface area contributed by atoms with Crippen LogP contribution in [0.4, 0.5) is 0 Å². The third kappa shape index (κ3) is 8.94. The second kappa shape index (κ2) is 15.2. The SMILES string of the molecule is CC(C)[C@@H]1NN(C)C(Cc2ccc(C(=N)N)cc2)C(=O)NCC(=O)C(=O)[C@H](CC(=O)O)NNCc2cccc(c2)C(=O)C1=O. The summed E-state index contributed by atoms with van der Waals surface area (Å²) >= 11 is 0. The number of hydrogen-bond acceptors (Lipinski definition) is 11. The van der Waals surface area contributed by atoms with Crippen LogP contribution in [-0.4, -0.2) is 82.7 Å². The summed E-state index contributed by atoms with van der Waals surface area (Å²) in [5.41, 5.74) is 15.6. The van der Waals surface area contributed by atoms with Crippen molar-refractivity contribution in [2.24, 2.45) is 11.7 Å². The maximum Gasteiger partial charge on any atom is 0.305 e. The molecular weight excluding hydrogens is 570 g/mol. The van der Waals surface area contributed by atoms with E-state index in [2.05, 4.69) is 21.6 Å². The van der Waals surface area contributed by atoms with Gasteiger partial charge in [0.2, 0.25) is 29.0 Å². The normalized spacial score (nSPS) is 21.5. The molecule has 234 valence electrons. The van der Waals surface area contributed by atoms with Crippen LogP contribution in [0.5, 0.6) is 0 Å². The van der Waals surface area contributed by atoms with Crippen molar-refractivity contribution < 1.29 is 33.9 Å². The lowest BCUT2D eigenvalue weighted by molar-refractivity contribution is -0.143. The number of nitrogens with one attached hydrogen (secondary N) is 5. The summed E-state index contributed by atoms with van der Waals surface area (Å²) < 4.78 is 0. The molecule has 1 heterocycles. The minimum atomic E-state index is -1.44. The zero-order chi connectivity index (χ0) is 32.6. The fourth-order valence-corrected chi connectivity index (χ4v) is 4.60. The maximum absolute atomic E-state index is 13.5. The maximum atomic E-state index is 13.5. The van der Waals surface area contributed by atoms with Gasteiger partial charge in [-0.25, -0.2) is 15.9 Å². The molecule has 2 bridgehead atoms. The minimum absolute atomic E-state index is 0.0350. The summed E-state index contributed by atoms with van der Waals surface area (Å²) in [6.07, 6.45) is -0.640. The van der Waals surface area contributed by atoms with E-state index in [1.54, 1.807) is 50.2 Å². The number of carbonyl (C=O) groups is 6. The van der Waals surface area contributed by atoms with E-state index in [9.17, 15) is 33.9 Å². The quantitative estimate of drug-likeness (QED) is 0.125. The number of hydrazine groups is 2. The second-order valence-corrected chi connectivity index (χ2v) is 10.8. The first-order valence-electron chi connectivity index (χ1n) is 13.9. The Morgan fingerprint density at radius 3 is 2.34 bits per heavy atom. The molecule has 0 saturated heterocycles. The lowest BCUT2D eigenvalue weighted by atomic mass is 9.94. The number of hydrogen-bond donors (Lipinski definition) is 7. The average molecular weight is 608 g/mol. The molecule has 8 N–H and O–H groups in total. The van der Waals surface area contributed by atoms with Crippen LogP contribution in [0.25, 0.3) is 0 Å². The summed E-state index contributed by atoms with van der Waals surface area (Å²) in [6, 6.07) is 9.34. The molecule has 1 aliphatic heterocycles. The molecule has 0 spiro atoms. The van der Waals surface area contributed by atoms with Crippen LogP contribution in [0, 0.1) is 11.3 Å². The fraction of sp³-hybridized carbons (Fsp3) is 0.367. The Bertz CT molecular complexity index is 1440. The number of ketones is 4. The van der Waals surface area contributed by atoms with Gasteiger partial charge in [0.25, 0.3) is 0 Å². The van der Waals surface area contributed by atoms with Crippen molar-refractivity contribution >= 4 is 40.8 Å². The van der Waals surface area contributed by atoms with Crippen LogP contribution in [0.1, 0.15) is 47.3 Å². The van der Waals surface area contributed by atoms with Crippen molar-refractivity contribution in [3.8, 4) is 0 Å². The first-order valence-corrected chi connectivity index (χ1v) is 13.9. The van der Waals surface area contributed by atoms with Crippen molar-refractivity contribution in [1.29, 1.82) is 5.41 Å². The van der Waals surface area contributed by atoms with Crippen molar-refractivity contribution in [1.82, 2.24) is 26.6 Å². The molecular formula is C30H37N7O7. The number of fused-ring (bicyclic) bond motifs is 2. The van der Waals surface area contributed by atoms with E-state index in [-0.39, 0.29) is 30.3 Å². The lowest BCUT2D eigenvalue weighted by Gasteiger charge is -2.32. The number of benzene rings is 2. The number of nitrogens with two attached hydrogens (primary N) is 1. The zero-order valence-corrected chi connectivity index (χ0v) is 24.7. The standard InChI is InChI=1S/C30H37N7O7/c1-16(2)25-28(43)26(41)20-6-4-5-18(11-20)14-34-35-21(13-24(39)40)27(42)23(38)15-33-30(44)22(37(3)36-25)12-17-7-9-19(10-8-17)29(31)32/h4-11,16,21-22,25,34-36H,12-15H2,1-3H3,(H3,31,32)(H,33,44)(H,39,40)/t21-,22?,25-/m0/s1. The molecule has 2 aromatic carbocycles. The highest BCUT2D eigenvalue weighted by molar-refractivity contribution is 6.45. The van der Waals surface area contributed by atoms with Crippen molar-refractivity contribution in [3.05, 3.63) is 70.8 Å². The van der Waals surface area contributed by atoms with E-state index < -0.39 is 66.1 Å². The van der Waals surface area contributed by atoms with E-state index in [0.717, 1.165) is 0 Å². The number of likely N-dealkylation sites (N-methyl/N-ethyl adjacent to an activating group) is 1. The molecule has 14 nitrogen and oxygen atoms in total. The summed E-state index contributed by atoms with van der Waals surface area (Å²) in [7, 11) is 1.52. The monoisotopic (exact) mass is 607 g/mol. The molecule has 0 aliphatic carbocycles. The minimum Gasteiger partial charge on any atom is -0.481 e. The predicted octanol–water partition coefficient (Wildman–Crippen LogP) is -0.500. The summed E-state index contributed by atoms with van der Waals surface area (Å²) in [6.45, 7) is 2.84. The molecule has 0 radical (unpaired) electrons. The highest BCUT2D eigenvalue weighted by Crippen LogP contribution is 2.15. The number of carboxylic acids is 1. The molecule has 14 heteroatoms. The first kappa shape index (κ1) is 33.9. The van der Waals surface area contributed by atoms with Gasteiger partial charge in [-0.3, -0.25) is 39.6 Å². The van der Waals surface area contributed by atoms with Gasteiger partial charge >= 0.3 is 5.97 Å². The van der Waals surface area contributed by atoms with Crippen LogP contribution in [0.2, 0.25) is 0 Å². The van der Waals surface area contributed by atoms with Gasteiger partial charge in [-0.1, -0.05) is 56.3 Å². The van der Waals surface area contributed by atoms with Gasteiger partial charge in [-0.05, 0) is 29.5 Å². The average Bonchev–Trinajstić information content (AvgIpc) is 2.99. The highest BCUT2D eigenvalue weighted by Gasteiger charge is 2.34. The van der Waals surface area contributed by atoms with Gasteiger partial charge in [-0.15, -0.1) is 0 Å². The Hall–Kier alpha value is -4.63. The molecule has 3 atom stereocenters. The van der Waals surface area contributed by atoms with Crippen LogP contribution in [0.15, 0.2) is 48.5 Å². The highest BCUT2D eigenvalue weighted by atomic mass is 16.4. The van der Waals surface area contributed by atoms with Crippen LogP contribution < -0.4 is 27.3 Å². The van der Waals surface area contributed by atoms with Crippen LogP contribution >= 0.6 is 0 Å². The van der Waals surface area contributed by atoms with Gasteiger partial charge in [0, 0.05) is 24.7 Å². The van der Waals surface area contributed by atoms with E-state index in [1.165, 1.54) is 24.2 Å². The molecule has 1 unspecified atom stereocenters. The smallest absolute Gasteiger partial charge is 0.305 e. The number of amides is 1. The van der Waals surface area contributed by atoms with Crippen molar-refractivity contribution in [2.75, 3.05) is 13.6 Å². The molecule has 2 aromatic rings. The second-order valence-electron chi connectivity index (χ2n) is 10.8. The van der Waals surface area contributed by atoms with Gasteiger partial charge in [0.05, 0.1) is 25.0 Å². The number of nitrogens with zero attached hydrogens (tertiary/aromatic N) is 1. The van der Waals surface area contributed by atoms with Gasteiger partial charge in [0.1, 0.15) is 11.9 Å². The number of amidine groups is 1. The zero-order valence-electron chi connectivity index (χ0n) is 24.7. The lowest BCUT2D eigenvalue weighted by Crippen LogP contribution is -2.59. The summed E-state index contributed by atoms with van der Waals surface area (Å²) in [4.78, 5) is 77.3.